The summed E-state index contributed by atoms with van der Waals surface area (Å²) in [5.74, 6) is 0.782. The van der Waals surface area contributed by atoms with Gasteiger partial charge in [0, 0.05) is 12.1 Å². The number of furan rings is 1. The molecule has 8 heteroatoms. The lowest BCUT2D eigenvalue weighted by Crippen LogP contribution is -2.18. The van der Waals surface area contributed by atoms with Gasteiger partial charge >= 0.3 is 0 Å². The van der Waals surface area contributed by atoms with Gasteiger partial charge in [-0.1, -0.05) is 0 Å². The normalized spacial score (nSPS) is 10.6. The average Bonchev–Trinajstić information content (AvgIpc) is 2.91. The maximum atomic E-state index is 12.0. The van der Waals surface area contributed by atoms with Gasteiger partial charge in [0.1, 0.15) is 17.3 Å². The largest absolute Gasteiger partial charge is 0.496 e. The number of non-ortho nitro benzene ring substituents is 1. The Labute approximate surface area is 125 Å². The van der Waals surface area contributed by atoms with Crippen molar-refractivity contribution in [2.24, 2.45) is 5.10 Å². The van der Waals surface area contributed by atoms with Crippen LogP contribution in [0.2, 0.25) is 0 Å². The van der Waals surface area contributed by atoms with E-state index in [9.17, 15) is 14.9 Å². The van der Waals surface area contributed by atoms with Crippen LogP contribution in [0.25, 0.3) is 0 Å². The first kappa shape index (κ1) is 15.2. The van der Waals surface area contributed by atoms with Crippen molar-refractivity contribution in [1.29, 1.82) is 0 Å². The van der Waals surface area contributed by atoms with Crippen LogP contribution >= 0.6 is 0 Å². The van der Waals surface area contributed by atoms with E-state index >= 15 is 0 Å². The molecule has 0 fully saturated rings. The predicted molar refractivity (Wildman–Crippen MR) is 78.2 cm³/mol. The summed E-state index contributed by atoms with van der Waals surface area (Å²) in [7, 11) is 1.37. The Hall–Kier alpha value is -3.16. The minimum absolute atomic E-state index is 0.0180. The van der Waals surface area contributed by atoms with Crippen LogP contribution in [-0.4, -0.2) is 24.2 Å². The topological polar surface area (TPSA) is 107 Å². The highest BCUT2D eigenvalue weighted by Crippen LogP contribution is 2.23. The fraction of sp³-hybridized carbons (Fsp3) is 0.143. The Bertz CT molecular complexity index is 736. The second-order valence-electron chi connectivity index (χ2n) is 4.29. The number of hydrogen-bond donors (Lipinski definition) is 1. The number of nitro groups is 1. The zero-order valence-electron chi connectivity index (χ0n) is 11.9. The fourth-order valence-corrected chi connectivity index (χ4v) is 1.72. The lowest BCUT2D eigenvalue weighted by atomic mass is 10.1. The van der Waals surface area contributed by atoms with Crippen molar-refractivity contribution in [1.82, 2.24) is 5.43 Å². The number of rotatable bonds is 5. The smallest absolute Gasteiger partial charge is 0.275 e. The number of hydrazone groups is 1. The first-order chi connectivity index (χ1) is 10.5. The Morgan fingerprint density at radius 2 is 2.18 bits per heavy atom. The molecule has 114 valence electrons. The minimum Gasteiger partial charge on any atom is -0.496 e. The molecule has 0 aliphatic heterocycles. The third-order valence-electron chi connectivity index (χ3n) is 2.76. The first-order valence-corrected chi connectivity index (χ1v) is 6.23. The van der Waals surface area contributed by atoms with Gasteiger partial charge in [-0.15, -0.1) is 0 Å². The monoisotopic (exact) mass is 303 g/mol. The van der Waals surface area contributed by atoms with Gasteiger partial charge in [0.25, 0.3) is 11.6 Å². The fourth-order valence-electron chi connectivity index (χ4n) is 1.72. The average molecular weight is 303 g/mol. The van der Waals surface area contributed by atoms with E-state index in [-0.39, 0.29) is 17.0 Å². The van der Waals surface area contributed by atoms with E-state index < -0.39 is 10.8 Å². The zero-order chi connectivity index (χ0) is 16.1. The molecule has 8 nitrogen and oxygen atoms in total. The summed E-state index contributed by atoms with van der Waals surface area (Å²) >= 11 is 0. The van der Waals surface area contributed by atoms with E-state index in [0.717, 1.165) is 6.07 Å². The van der Waals surface area contributed by atoms with E-state index in [0.29, 0.717) is 11.5 Å². The van der Waals surface area contributed by atoms with Crippen molar-refractivity contribution in [3.63, 3.8) is 0 Å². The van der Waals surface area contributed by atoms with Crippen molar-refractivity contribution in [2.45, 2.75) is 6.92 Å². The number of amides is 1. The van der Waals surface area contributed by atoms with Gasteiger partial charge in [-0.3, -0.25) is 14.9 Å². The van der Waals surface area contributed by atoms with Gasteiger partial charge in [-0.25, -0.2) is 5.43 Å². The molecule has 1 amide bonds. The van der Waals surface area contributed by atoms with Gasteiger partial charge in [-0.05, 0) is 25.1 Å². The van der Waals surface area contributed by atoms with E-state index in [1.54, 1.807) is 19.1 Å². The molecule has 2 aromatic rings. The second kappa shape index (κ2) is 6.53. The van der Waals surface area contributed by atoms with Gasteiger partial charge < -0.3 is 9.15 Å². The van der Waals surface area contributed by atoms with E-state index in [1.165, 1.54) is 25.5 Å². The SMILES string of the molecule is COc1ccc([N+](=O)[O-])cc1C(=O)N/N=C\c1ccc(C)o1. The maximum absolute atomic E-state index is 12.0. The second-order valence-corrected chi connectivity index (χ2v) is 4.29. The van der Waals surface area contributed by atoms with Crippen molar-refractivity contribution in [3.8, 4) is 5.75 Å². The molecule has 0 unspecified atom stereocenters. The Morgan fingerprint density at radius 3 is 2.77 bits per heavy atom. The Kier molecular flexibility index (Phi) is 4.52. The van der Waals surface area contributed by atoms with Crippen molar-refractivity contribution in [2.75, 3.05) is 7.11 Å². The molecule has 0 spiro atoms. The number of aryl methyl sites for hydroxylation is 1. The van der Waals surface area contributed by atoms with E-state index in [1.807, 2.05) is 0 Å². The van der Waals surface area contributed by atoms with Crippen LogP contribution in [0, 0.1) is 17.0 Å². The molecule has 0 atom stereocenters. The molecule has 1 heterocycles. The van der Waals surface area contributed by atoms with Crippen LogP contribution in [0.4, 0.5) is 5.69 Å². The van der Waals surface area contributed by atoms with Crippen LogP contribution in [-0.2, 0) is 0 Å². The highest BCUT2D eigenvalue weighted by Gasteiger charge is 2.17. The summed E-state index contributed by atoms with van der Waals surface area (Å²) in [6, 6.07) is 7.18. The standard InChI is InChI=1S/C14H13N3O5/c1-9-3-5-11(22-9)8-15-16-14(18)12-7-10(17(19)20)4-6-13(12)21-2/h3-8H,1-2H3,(H,16,18)/b15-8-. The maximum Gasteiger partial charge on any atom is 0.275 e. The molecule has 0 saturated heterocycles. The Morgan fingerprint density at radius 1 is 1.41 bits per heavy atom. The summed E-state index contributed by atoms with van der Waals surface area (Å²) in [4.78, 5) is 22.2. The molecule has 22 heavy (non-hydrogen) atoms. The molecule has 0 aliphatic carbocycles. The van der Waals surface area contributed by atoms with Crippen molar-refractivity contribution >= 4 is 17.8 Å². The van der Waals surface area contributed by atoms with Crippen molar-refractivity contribution < 1.29 is 18.9 Å². The van der Waals surface area contributed by atoms with Crippen LogP contribution in [0.5, 0.6) is 5.75 Å². The van der Waals surface area contributed by atoms with Crippen LogP contribution in [0.3, 0.4) is 0 Å². The predicted octanol–water partition coefficient (Wildman–Crippen LogP) is 2.27. The molecule has 1 aromatic heterocycles. The third-order valence-corrected chi connectivity index (χ3v) is 2.76. The number of carbonyl (C=O) groups is 1. The van der Waals surface area contributed by atoms with Gasteiger partial charge in [0.15, 0.2) is 0 Å². The molecule has 0 saturated carbocycles. The van der Waals surface area contributed by atoms with Crippen LogP contribution < -0.4 is 10.2 Å². The van der Waals surface area contributed by atoms with Gasteiger partial charge in [0.2, 0.25) is 0 Å². The number of nitro benzene ring substituents is 1. The molecule has 0 aliphatic rings. The quantitative estimate of drug-likeness (QED) is 0.518. The molecule has 1 aromatic carbocycles. The van der Waals surface area contributed by atoms with Crippen LogP contribution in [0.1, 0.15) is 21.9 Å². The number of ether oxygens (including phenoxy) is 1. The minimum atomic E-state index is -0.625. The first-order valence-electron chi connectivity index (χ1n) is 6.23. The summed E-state index contributed by atoms with van der Waals surface area (Å²) in [6.07, 6.45) is 1.33. The van der Waals surface area contributed by atoms with E-state index in [2.05, 4.69) is 10.5 Å². The van der Waals surface area contributed by atoms with Gasteiger partial charge in [-0.2, -0.15) is 5.10 Å². The van der Waals surface area contributed by atoms with E-state index in [4.69, 9.17) is 9.15 Å². The third kappa shape index (κ3) is 3.48. The van der Waals surface area contributed by atoms with Crippen molar-refractivity contribution in [3.05, 3.63) is 57.5 Å². The number of methoxy groups -OCH3 is 1. The number of hydrogen-bond acceptors (Lipinski definition) is 6. The lowest BCUT2D eigenvalue weighted by Gasteiger charge is -2.06. The number of nitrogens with one attached hydrogen (secondary N) is 1. The molecule has 2 rings (SSSR count). The summed E-state index contributed by atoms with van der Waals surface area (Å²) < 4.78 is 10.3. The molecule has 0 radical (unpaired) electrons. The highest BCUT2D eigenvalue weighted by atomic mass is 16.6. The molecule has 1 N–H and O–H groups in total. The highest BCUT2D eigenvalue weighted by molar-refractivity contribution is 5.98. The number of carbonyl (C=O) groups excluding carboxylic acids is 1. The lowest BCUT2D eigenvalue weighted by molar-refractivity contribution is -0.384. The summed E-state index contributed by atoms with van der Waals surface area (Å²) in [5, 5.41) is 14.5. The number of benzene rings is 1. The molecular weight excluding hydrogens is 290 g/mol. The van der Waals surface area contributed by atoms with Gasteiger partial charge in [0.05, 0.1) is 23.8 Å². The Balaban J connectivity index is 2.16. The molecular formula is C14H13N3O5. The summed E-state index contributed by atoms with van der Waals surface area (Å²) in [6.45, 7) is 1.78. The number of nitrogens with zero attached hydrogens (tertiary/aromatic N) is 2. The van der Waals surface area contributed by atoms with Crippen LogP contribution in [0.15, 0.2) is 39.9 Å². The molecule has 0 bridgehead atoms. The summed E-state index contributed by atoms with van der Waals surface area (Å²) in [5.41, 5.74) is 2.07. The zero-order valence-corrected chi connectivity index (χ0v) is 11.9.